The summed E-state index contributed by atoms with van der Waals surface area (Å²) in [6, 6.07) is 6.72. The zero-order valence-corrected chi connectivity index (χ0v) is 13.1. The molecule has 0 atom stereocenters. The standard InChI is InChI=1S/C14H20BrClN2/c1-2-7-17-12-5-8-18(9-6-12)14-4-3-11(16)10-13(14)15/h3-4,10,12,17H,2,5-9H2,1H3. The lowest BCUT2D eigenvalue weighted by molar-refractivity contribution is 0.416. The summed E-state index contributed by atoms with van der Waals surface area (Å²) in [6.07, 6.45) is 3.65. The zero-order chi connectivity index (χ0) is 13.0. The molecule has 1 aliphatic heterocycles. The van der Waals surface area contributed by atoms with Gasteiger partial charge in [-0.1, -0.05) is 18.5 Å². The van der Waals surface area contributed by atoms with Gasteiger partial charge in [-0.25, -0.2) is 0 Å². The number of halogens is 2. The van der Waals surface area contributed by atoms with Crippen LogP contribution in [0, 0.1) is 0 Å². The van der Waals surface area contributed by atoms with E-state index in [1.54, 1.807) is 0 Å². The molecule has 2 rings (SSSR count). The Morgan fingerprint density at radius 1 is 1.39 bits per heavy atom. The molecule has 1 heterocycles. The van der Waals surface area contributed by atoms with Crippen LogP contribution in [0.15, 0.2) is 22.7 Å². The van der Waals surface area contributed by atoms with Gasteiger partial charge in [-0.05, 0) is 59.9 Å². The Bertz CT molecular complexity index is 389. The lowest BCUT2D eigenvalue weighted by Crippen LogP contribution is -2.42. The van der Waals surface area contributed by atoms with Gasteiger partial charge in [0.15, 0.2) is 0 Å². The molecule has 18 heavy (non-hydrogen) atoms. The fourth-order valence-corrected chi connectivity index (χ4v) is 3.34. The Hall–Kier alpha value is -0.250. The van der Waals surface area contributed by atoms with Crippen LogP contribution < -0.4 is 10.2 Å². The van der Waals surface area contributed by atoms with E-state index in [0.717, 1.165) is 29.1 Å². The van der Waals surface area contributed by atoms with Gasteiger partial charge in [-0.15, -0.1) is 0 Å². The van der Waals surface area contributed by atoms with E-state index in [4.69, 9.17) is 11.6 Å². The maximum atomic E-state index is 5.98. The van der Waals surface area contributed by atoms with E-state index in [1.165, 1.54) is 24.9 Å². The second-order valence-electron chi connectivity index (χ2n) is 4.81. The topological polar surface area (TPSA) is 15.3 Å². The first-order valence-electron chi connectivity index (χ1n) is 6.64. The molecule has 0 amide bonds. The van der Waals surface area contributed by atoms with Crippen molar-refractivity contribution in [2.24, 2.45) is 0 Å². The van der Waals surface area contributed by atoms with Gasteiger partial charge in [0.1, 0.15) is 0 Å². The molecule has 100 valence electrons. The third-order valence-corrected chi connectivity index (χ3v) is 4.30. The second-order valence-corrected chi connectivity index (χ2v) is 6.10. The molecule has 1 aromatic rings. The van der Waals surface area contributed by atoms with Gasteiger partial charge in [-0.2, -0.15) is 0 Å². The highest BCUT2D eigenvalue weighted by atomic mass is 79.9. The third kappa shape index (κ3) is 3.62. The summed E-state index contributed by atoms with van der Waals surface area (Å²) in [5.41, 5.74) is 1.26. The first-order chi connectivity index (χ1) is 8.70. The number of rotatable bonds is 4. The Morgan fingerprint density at radius 3 is 2.72 bits per heavy atom. The van der Waals surface area contributed by atoms with Crippen molar-refractivity contribution in [1.82, 2.24) is 5.32 Å². The van der Waals surface area contributed by atoms with Crippen LogP contribution in [0.1, 0.15) is 26.2 Å². The minimum atomic E-state index is 0.687. The maximum Gasteiger partial charge on any atom is 0.0511 e. The molecule has 0 aliphatic carbocycles. The number of hydrogen-bond acceptors (Lipinski definition) is 2. The van der Waals surface area contributed by atoms with Crippen LogP contribution in [0.2, 0.25) is 5.02 Å². The number of piperidine rings is 1. The average molecular weight is 332 g/mol. The van der Waals surface area contributed by atoms with E-state index < -0.39 is 0 Å². The molecular formula is C14H20BrClN2. The van der Waals surface area contributed by atoms with Gasteiger partial charge < -0.3 is 10.2 Å². The van der Waals surface area contributed by atoms with Crippen molar-refractivity contribution < 1.29 is 0 Å². The summed E-state index contributed by atoms with van der Waals surface area (Å²) in [4.78, 5) is 2.44. The zero-order valence-electron chi connectivity index (χ0n) is 10.8. The summed E-state index contributed by atoms with van der Waals surface area (Å²) >= 11 is 9.58. The molecule has 0 bridgehead atoms. The molecule has 1 aliphatic rings. The van der Waals surface area contributed by atoms with Crippen molar-refractivity contribution in [3.8, 4) is 0 Å². The largest absolute Gasteiger partial charge is 0.371 e. The van der Waals surface area contributed by atoms with Crippen LogP contribution in [0.25, 0.3) is 0 Å². The lowest BCUT2D eigenvalue weighted by atomic mass is 10.0. The fourth-order valence-electron chi connectivity index (χ4n) is 2.41. The van der Waals surface area contributed by atoms with Crippen LogP contribution >= 0.6 is 27.5 Å². The molecular weight excluding hydrogens is 312 g/mol. The van der Waals surface area contributed by atoms with E-state index in [1.807, 2.05) is 12.1 Å². The van der Waals surface area contributed by atoms with Gasteiger partial charge in [0, 0.05) is 28.6 Å². The summed E-state index contributed by atoms with van der Waals surface area (Å²) in [5, 5.41) is 4.39. The highest BCUT2D eigenvalue weighted by molar-refractivity contribution is 9.10. The molecule has 1 saturated heterocycles. The molecule has 1 fully saturated rings. The van der Waals surface area contributed by atoms with E-state index in [9.17, 15) is 0 Å². The van der Waals surface area contributed by atoms with Crippen molar-refractivity contribution >= 4 is 33.2 Å². The molecule has 4 heteroatoms. The van der Waals surface area contributed by atoms with Gasteiger partial charge in [0.2, 0.25) is 0 Å². The van der Waals surface area contributed by atoms with Gasteiger partial charge in [0.05, 0.1) is 5.69 Å². The predicted molar refractivity (Wildman–Crippen MR) is 82.7 cm³/mol. The van der Waals surface area contributed by atoms with Crippen molar-refractivity contribution in [3.05, 3.63) is 27.7 Å². The number of anilines is 1. The van der Waals surface area contributed by atoms with Crippen molar-refractivity contribution in [2.75, 3.05) is 24.5 Å². The minimum absolute atomic E-state index is 0.687. The molecule has 0 unspecified atom stereocenters. The van der Waals surface area contributed by atoms with Crippen LogP contribution in [-0.2, 0) is 0 Å². The molecule has 0 saturated carbocycles. The smallest absolute Gasteiger partial charge is 0.0511 e. The highest BCUT2D eigenvalue weighted by Gasteiger charge is 2.19. The molecule has 1 N–H and O–H groups in total. The first kappa shape index (κ1) is 14.2. The predicted octanol–water partition coefficient (Wildman–Crippen LogP) is 4.07. The van der Waals surface area contributed by atoms with Gasteiger partial charge in [-0.3, -0.25) is 0 Å². The summed E-state index contributed by atoms with van der Waals surface area (Å²) in [6.45, 7) is 5.57. The monoisotopic (exact) mass is 330 g/mol. The summed E-state index contributed by atoms with van der Waals surface area (Å²) in [5.74, 6) is 0. The normalized spacial score (nSPS) is 17.2. The van der Waals surface area contributed by atoms with Gasteiger partial charge >= 0.3 is 0 Å². The minimum Gasteiger partial charge on any atom is -0.371 e. The third-order valence-electron chi connectivity index (χ3n) is 3.43. The fraction of sp³-hybridized carbons (Fsp3) is 0.571. The van der Waals surface area contributed by atoms with Crippen LogP contribution in [0.3, 0.4) is 0 Å². The number of benzene rings is 1. The van der Waals surface area contributed by atoms with Crippen LogP contribution in [-0.4, -0.2) is 25.7 Å². The first-order valence-corrected chi connectivity index (χ1v) is 7.81. The van der Waals surface area contributed by atoms with E-state index in [0.29, 0.717) is 6.04 Å². The van der Waals surface area contributed by atoms with E-state index >= 15 is 0 Å². The van der Waals surface area contributed by atoms with Crippen LogP contribution in [0.5, 0.6) is 0 Å². The van der Waals surface area contributed by atoms with E-state index in [2.05, 4.69) is 39.1 Å². The number of hydrogen-bond donors (Lipinski definition) is 1. The average Bonchev–Trinajstić information content (AvgIpc) is 2.37. The Balaban J connectivity index is 1.93. The molecule has 0 aromatic heterocycles. The van der Waals surface area contributed by atoms with Crippen LogP contribution in [0.4, 0.5) is 5.69 Å². The van der Waals surface area contributed by atoms with Gasteiger partial charge in [0.25, 0.3) is 0 Å². The van der Waals surface area contributed by atoms with Crippen molar-refractivity contribution in [2.45, 2.75) is 32.2 Å². The number of nitrogens with zero attached hydrogens (tertiary/aromatic N) is 1. The molecule has 2 nitrogen and oxygen atoms in total. The lowest BCUT2D eigenvalue weighted by Gasteiger charge is -2.34. The molecule has 0 radical (unpaired) electrons. The molecule has 0 spiro atoms. The Labute approximate surface area is 123 Å². The summed E-state index contributed by atoms with van der Waals surface area (Å²) in [7, 11) is 0. The SMILES string of the molecule is CCCNC1CCN(c2ccc(Cl)cc2Br)CC1. The summed E-state index contributed by atoms with van der Waals surface area (Å²) < 4.78 is 1.09. The Morgan fingerprint density at radius 2 is 2.11 bits per heavy atom. The van der Waals surface area contributed by atoms with Crippen molar-refractivity contribution in [1.29, 1.82) is 0 Å². The van der Waals surface area contributed by atoms with Crippen molar-refractivity contribution in [3.63, 3.8) is 0 Å². The maximum absolute atomic E-state index is 5.98. The highest BCUT2D eigenvalue weighted by Crippen LogP contribution is 2.30. The van der Waals surface area contributed by atoms with E-state index in [-0.39, 0.29) is 0 Å². The number of nitrogens with one attached hydrogen (secondary N) is 1. The second kappa shape index (κ2) is 6.78. The molecule has 1 aromatic carbocycles. The quantitative estimate of drug-likeness (QED) is 0.894. The Kier molecular flexibility index (Phi) is 5.34.